The standard InChI is InChI=1S/C8H6ClNO/c1-5-2-3-6-7(4-5)11-10-8(6)9/h2-4H,1H3. The Labute approximate surface area is 68.7 Å². The molecule has 0 bridgehead atoms. The number of aromatic nitrogens is 1. The maximum atomic E-state index is 5.72. The van der Waals surface area contributed by atoms with Gasteiger partial charge in [-0.2, -0.15) is 0 Å². The van der Waals surface area contributed by atoms with Crippen LogP contribution in [0.15, 0.2) is 22.7 Å². The van der Waals surface area contributed by atoms with Gasteiger partial charge in [0, 0.05) is 0 Å². The van der Waals surface area contributed by atoms with Gasteiger partial charge in [-0.3, -0.25) is 0 Å². The molecule has 2 nitrogen and oxygen atoms in total. The molecule has 0 atom stereocenters. The number of benzene rings is 1. The van der Waals surface area contributed by atoms with Gasteiger partial charge in [0.15, 0.2) is 10.7 Å². The van der Waals surface area contributed by atoms with Crippen molar-refractivity contribution in [3.63, 3.8) is 0 Å². The van der Waals surface area contributed by atoms with E-state index >= 15 is 0 Å². The summed E-state index contributed by atoms with van der Waals surface area (Å²) in [7, 11) is 0. The molecule has 11 heavy (non-hydrogen) atoms. The Bertz CT molecular complexity index is 394. The van der Waals surface area contributed by atoms with Crippen LogP contribution in [0, 0.1) is 6.92 Å². The average molecular weight is 168 g/mol. The van der Waals surface area contributed by atoms with Crippen LogP contribution in [0.2, 0.25) is 5.15 Å². The third kappa shape index (κ3) is 0.994. The third-order valence-corrected chi connectivity index (χ3v) is 1.86. The maximum Gasteiger partial charge on any atom is 0.179 e. The summed E-state index contributed by atoms with van der Waals surface area (Å²) in [6, 6.07) is 5.79. The molecule has 2 rings (SSSR count). The smallest absolute Gasteiger partial charge is 0.179 e. The fourth-order valence-corrected chi connectivity index (χ4v) is 1.20. The van der Waals surface area contributed by atoms with E-state index in [2.05, 4.69) is 5.16 Å². The highest BCUT2D eigenvalue weighted by Gasteiger charge is 2.03. The summed E-state index contributed by atoms with van der Waals surface area (Å²) in [5.74, 6) is 0. The van der Waals surface area contributed by atoms with E-state index in [1.54, 1.807) is 0 Å². The van der Waals surface area contributed by atoms with Crippen LogP contribution in [0.3, 0.4) is 0 Å². The molecule has 0 aliphatic heterocycles. The maximum absolute atomic E-state index is 5.72. The minimum Gasteiger partial charge on any atom is -0.355 e. The van der Waals surface area contributed by atoms with E-state index in [-0.39, 0.29) is 0 Å². The van der Waals surface area contributed by atoms with E-state index in [9.17, 15) is 0 Å². The van der Waals surface area contributed by atoms with Gasteiger partial charge in [-0.25, -0.2) is 0 Å². The van der Waals surface area contributed by atoms with Gasteiger partial charge in [-0.1, -0.05) is 22.8 Å². The molecule has 1 aromatic heterocycles. The van der Waals surface area contributed by atoms with Crippen molar-refractivity contribution in [2.45, 2.75) is 6.92 Å². The molecule has 0 amide bonds. The van der Waals surface area contributed by atoms with Crippen LogP contribution in [0.25, 0.3) is 11.0 Å². The molecular weight excluding hydrogens is 162 g/mol. The van der Waals surface area contributed by atoms with Crippen molar-refractivity contribution in [3.8, 4) is 0 Å². The van der Waals surface area contributed by atoms with Crippen LogP contribution >= 0.6 is 11.6 Å². The first-order valence-corrected chi connectivity index (χ1v) is 3.67. The van der Waals surface area contributed by atoms with E-state index in [4.69, 9.17) is 16.1 Å². The number of rotatable bonds is 0. The first-order chi connectivity index (χ1) is 5.27. The average Bonchev–Trinajstić information content (AvgIpc) is 2.32. The topological polar surface area (TPSA) is 26.0 Å². The molecule has 1 heterocycles. The Kier molecular flexibility index (Phi) is 1.36. The highest BCUT2D eigenvalue weighted by Crippen LogP contribution is 2.22. The molecule has 0 aliphatic rings. The lowest BCUT2D eigenvalue weighted by Crippen LogP contribution is -1.69. The minimum absolute atomic E-state index is 0.431. The first-order valence-electron chi connectivity index (χ1n) is 3.29. The summed E-state index contributed by atoms with van der Waals surface area (Å²) in [5, 5.41) is 4.93. The summed E-state index contributed by atoms with van der Waals surface area (Å²) in [6.07, 6.45) is 0. The summed E-state index contributed by atoms with van der Waals surface area (Å²) < 4.78 is 4.95. The molecule has 2 aromatic rings. The minimum atomic E-state index is 0.431. The monoisotopic (exact) mass is 167 g/mol. The molecule has 0 spiro atoms. The molecule has 1 aromatic carbocycles. The van der Waals surface area contributed by atoms with Crippen LogP contribution in [0.5, 0.6) is 0 Å². The molecule has 0 fully saturated rings. The Morgan fingerprint density at radius 3 is 3.09 bits per heavy atom. The second kappa shape index (κ2) is 2.24. The normalized spacial score (nSPS) is 10.7. The second-order valence-electron chi connectivity index (χ2n) is 2.47. The molecule has 0 radical (unpaired) electrons. The molecule has 0 aliphatic carbocycles. The zero-order valence-corrected chi connectivity index (χ0v) is 6.72. The molecule has 3 heteroatoms. The molecule has 0 saturated carbocycles. The highest BCUT2D eigenvalue weighted by molar-refractivity contribution is 6.34. The van der Waals surface area contributed by atoms with Crippen molar-refractivity contribution in [1.29, 1.82) is 0 Å². The summed E-state index contributed by atoms with van der Waals surface area (Å²) >= 11 is 5.72. The van der Waals surface area contributed by atoms with Gasteiger partial charge in [0.1, 0.15) is 0 Å². The van der Waals surface area contributed by atoms with Crippen LogP contribution in [-0.4, -0.2) is 5.16 Å². The quantitative estimate of drug-likeness (QED) is 0.603. The number of hydrogen-bond donors (Lipinski definition) is 0. The number of fused-ring (bicyclic) bond motifs is 1. The van der Waals surface area contributed by atoms with E-state index in [1.165, 1.54) is 0 Å². The molecule has 0 unspecified atom stereocenters. The zero-order chi connectivity index (χ0) is 7.84. The van der Waals surface area contributed by atoms with Crippen molar-refractivity contribution in [3.05, 3.63) is 28.9 Å². The predicted molar refractivity (Wildman–Crippen MR) is 43.8 cm³/mol. The third-order valence-electron chi connectivity index (χ3n) is 1.58. The largest absolute Gasteiger partial charge is 0.355 e. The number of aryl methyl sites for hydroxylation is 1. The van der Waals surface area contributed by atoms with E-state index < -0.39 is 0 Å². The lowest BCUT2D eigenvalue weighted by Gasteiger charge is -1.88. The van der Waals surface area contributed by atoms with Gasteiger partial charge in [-0.05, 0) is 24.6 Å². The fraction of sp³-hybridized carbons (Fsp3) is 0.125. The van der Waals surface area contributed by atoms with Crippen molar-refractivity contribution in [1.82, 2.24) is 5.16 Å². The SMILES string of the molecule is Cc1ccc2c(Cl)noc2c1. The second-order valence-corrected chi connectivity index (χ2v) is 2.83. The van der Waals surface area contributed by atoms with Crippen molar-refractivity contribution in [2.24, 2.45) is 0 Å². The lowest BCUT2D eigenvalue weighted by atomic mass is 10.2. The molecule has 0 saturated heterocycles. The van der Waals surface area contributed by atoms with Crippen molar-refractivity contribution in [2.75, 3.05) is 0 Å². The van der Waals surface area contributed by atoms with Gasteiger partial charge in [0.05, 0.1) is 5.39 Å². The number of nitrogens with zero attached hydrogens (tertiary/aromatic N) is 1. The van der Waals surface area contributed by atoms with Crippen LogP contribution in [0.1, 0.15) is 5.56 Å². The zero-order valence-electron chi connectivity index (χ0n) is 5.97. The van der Waals surface area contributed by atoms with E-state index in [0.29, 0.717) is 5.15 Å². The van der Waals surface area contributed by atoms with Crippen LogP contribution in [0.4, 0.5) is 0 Å². The van der Waals surface area contributed by atoms with Crippen LogP contribution in [-0.2, 0) is 0 Å². The van der Waals surface area contributed by atoms with E-state index in [0.717, 1.165) is 16.5 Å². The van der Waals surface area contributed by atoms with Gasteiger partial charge in [0.25, 0.3) is 0 Å². The van der Waals surface area contributed by atoms with Crippen LogP contribution < -0.4 is 0 Å². The number of halogens is 1. The summed E-state index contributed by atoms with van der Waals surface area (Å²) in [5.41, 5.74) is 1.89. The van der Waals surface area contributed by atoms with E-state index in [1.807, 2.05) is 25.1 Å². The predicted octanol–water partition coefficient (Wildman–Crippen LogP) is 2.79. The Hall–Kier alpha value is -1.02. The molecular formula is C8H6ClNO. The summed E-state index contributed by atoms with van der Waals surface area (Å²) in [4.78, 5) is 0. The summed E-state index contributed by atoms with van der Waals surface area (Å²) in [6.45, 7) is 2.00. The Morgan fingerprint density at radius 2 is 2.27 bits per heavy atom. The van der Waals surface area contributed by atoms with Gasteiger partial charge >= 0.3 is 0 Å². The highest BCUT2D eigenvalue weighted by atomic mass is 35.5. The van der Waals surface area contributed by atoms with Gasteiger partial charge < -0.3 is 4.52 Å². The molecule has 0 N–H and O–H groups in total. The van der Waals surface area contributed by atoms with Gasteiger partial charge in [0.2, 0.25) is 0 Å². The Morgan fingerprint density at radius 1 is 1.45 bits per heavy atom. The fourth-order valence-electron chi connectivity index (χ4n) is 1.01. The van der Waals surface area contributed by atoms with Crippen molar-refractivity contribution >= 4 is 22.6 Å². The van der Waals surface area contributed by atoms with Crippen molar-refractivity contribution < 1.29 is 4.52 Å². The van der Waals surface area contributed by atoms with Gasteiger partial charge in [-0.15, -0.1) is 0 Å². The number of hydrogen-bond acceptors (Lipinski definition) is 2. The first kappa shape index (κ1) is 6.68. The lowest BCUT2D eigenvalue weighted by molar-refractivity contribution is 0.456. The molecule has 56 valence electrons. The Balaban J connectivity index is 2.86.